The minimum absolute atomic E-state index is 0.00109. The summed E-state index contributed by atoms with van der Waals surface area (Å²) in [6, 6.07) is 0. The zero-order valence-electron chi connectivity index (χ0n) is 17.8. The maximum Gasteiger partial charge on any atom is 0.331 e. The highest BCUT2D eigenvalue weighted by molar-refractivity contribution is 7.19. The van der Waals surface area contributed by atoms with Gasteiger partial charge < -0.3 is 9.67 Å². The van der Waals surface area contributed by atoms with Gasteiger partial charge in [-0.05, 0) is 13.8 Å². The van der Waals surface area contributed by atoms with Gasteiger partial charge in [0.1, 0.15) is 28.5 Å². The highest BCUT2D eigenvalue weighted by Crippen LogP contribution is 2.33. The molecular weight excluding hydrogens is 469 g/mol. The summed E-state index contributed by atoms with van der Waals surface area (Å²) in [6.45, 7) is 2.14. The fraction of sp³-hybridized carbons (Fsp3) is 0.444. The molecule has 0 spiro atoms. The van der Waals surface area contributed by atoms with Crippen LogP contribution >= 0.6 is 34.5 Å². The van der Waals surface area contributed by atoms with Gasteiger partial charge in [-0.1, -0.05) is 23.2 Å². The number of aliphatic hydroxyl groups is 1. The summed E-state index contributed by atoms with van der Waals surface area (Å²) in [6.07, 6.45) is -0.875. The van der Waals surface area contributed by atoms with Gasteiger partial charge in [0.25, 0.3) is 11.5 Å². The zero-order chi connectivity index (χ0) is 23.5. The number of hydrogen-bond donors (Lipinski definition) is 1. The molecule has 4 rings (SSSR count). The molecule has 0 aliphatic carbocycles. The normalized spacial score (nSPS) is 18.1. The monoisotopic (exact) mass is 489 g/mol. The third kappa shape index (κ3) is 3.50. The number of thiophene rings is 1. The van der Waals surface area contributed by atoms with Crippen molar-refractivity contribution in [2.75, 3.05) is 13.2 Å². The lowest BCUT2D eigenvalue weighted by Crippen LogP contribution is -2.38. The number of aliphatic hydroxyl groups excluding tert-OH is 1. The number of rotatable bonds is 4. The summed E-state index contributed by atoms with van der Waals surface area (Å²) in [5.41, 5.74) is -1.28. The first kappa shape index (κ1) is 20.7. The molecule has 4 heterocycles. The number of nitrogens with zero attached hydrogens (tertiary/aromatic N) is 5. The van der Waals surface area contributed by atoms with Gasteiger partial charge in [0.2, 0.25) is 0 Å². The van der Waals surface area contributed by atoms with E-state index < -0.39 is 29.8 Å². The van der Waals surface area contributed by atoms with Gasteiger partial charge in [-0.3, -0.25) is 23.6 Å². The fourth-order valence-corrected chi connectivity index (χ4v) is 5.11. The van der Waals surface area contributed by atoms with Crippen molar-refractivity contribution in [2.24, 2.45) is 7.05 Å². The first-order chi connectivity index (χ1) is 15.1. The first-order valence-corrected chi connectivity index (χ1v) is 10.9. The Labute approximate surface area is 191 Å². The van der Waals surface area contributed by atoms with Crippen LogP contribution < -0.4 is 11.2 Å². The van der Waals surface area contributed by atoms with Crippen molar-refractivity contribution >= 4 is 50.7 Å². The Morgan fingerprint density at radius 1 is 1.39 bits per heavy atom. The van der Waals surface area contributed by atoms with Gasteiger partial charge in [0, 0.05) is 18.5 Å². The Morgan fingerprint density at radius 2 is 2.10 bits per heavy atom. The van der Waals surface area contributed by atoms with E-state index in [4.69, 9.17) is 29.4 Å². The molecule has 1 saturated heterocycles. The van der Waals surface area contributed by atoms with Gasteiger partial charge in [0.15, 0.2) is 5.15 Å². The van der Waals surface area contributed by atoms with Gasteiger partial charge in [-0.2, -0.15) is 0 Å². The summed E-state index contributed by atoms with van der Waals surface area (Å²) >= 11 is 13.2. The molecule has 166 valence electrons. The van der Waals surface area contributed by atoms with Crippen LogP contribution in [-0.2, 0) is 25.0 Å². The second-order valence-electron chi connectivity index (χ2n) is 6.97. The molecule has 0 saturated carbocycles. The third-order valence-electron chi connectivity index (χ3n) is 4.99. The molecule has 1 amide bonds. The van der Waals surface area contributed by atoms with E-state index in [0.29, 0.717) is 5.82 Å². The molecule has 2 atom stereocenters. The highest BCUT2D eigenvalue weighted by Gasteiger charge is 2.33. The van der Waals surface area contributed by atoms with Crippen LogP contribution in [0.5, 0.6) is 0 Å². The maximum atomic E-state index is 13.4. The molecule has 1 N–H and O–H groups in total. The van der Waals surface area contributed by atoms with Crippen LogP contribution in [0, 0.1) is 6.92 Å². The van der Waals surface area contributed by atoms with Crippen LogP contribution in [0.2, 0.25) is 10.3 Å². The fourth-order valence-electron chi connectivity index (χ4n) is 3.42. The quantitative estimate of drug-likeness (QED) is 0.592. The van der Waals surface area contributed by atoms with Gasteiger partial charge in [-0.15, -0.1) is 11.3 Å². The Hall–Kier alpha value is -2.18. The smallest absolute Gasteiger partial charge is 0.331 e. The molecule has 10 nitrogen and oxygen atoms in total. The number of carbonyl (C=O) groups excluding carboxylic acids is 1. The molecule has 1 aliphatic rings. The summed E-state index contributed by atoms with van der Waals surface area (Å²) in [5.74, 6) is -0.358. The number of hydrogen-bond acceptors (Lipinski definition) is 7. The Morgan fingerprint density at radius 3 is 2.65 bits per heavy atom. The van der Waals surface area contributed by atoms with Crippen molar-refractivity contribution in [3.63, 3.8) is 0 Å². The Kier molecular flexibility index (Phi) is 5.39. The largest absolute Gasteiger partial charge is 0.389 e. The topological polar surface area (TPSA) is 112 Å². The minimum atomic E-state index is -1.28. The number of aryl methyl sites for hydroxylation is 2. The van der Waals surface area contributed by atoms with E-state index in [-0.39, 0.29) is 50.7 Å². The molecule has 1 aliphatic heterocycles. The van der Waals surface area contributed by atoms with Crippen LogP contribution in [0.25, 0.3) is 10.2 Å². The number of fused-ring (bicyclic) bond motifs is 1. The van der Waals surface area contributed by atoms with E-state index in [2.05, 4.69) is 4.98 Å². The molecule has 1 fully saturated rings. The van der Waals surface area contributed by atoms with Gasteiger partial charge in [-0.25, -0.2) is 14.8 Å². The number of carbonyl (C=O) groups is 1. The lowest BCUT2D eigenvalue weighted by atomic mass is 10.1. The molecule has 13 heteroatoms. The first-order valence-electron chi connectivity index (χ1n) is 9.87. The van der Waals surface area contributed by atoms with Crippen LogP contribution in [0.15, 0.2) is 9.59 Å². The average Bonchev–Trinajstić information content (AvgIpc) is 3.42. The summed E-state index contributed by atoms with van der Waals surface area (Å²) < 4.78 is 12.5. The predicted octanol–water partition coefficient (Wildman–Crippen LogP) is 1.39. The molecule has 3 aromatic heterocycles. The van der Waals surface area contributed by atoms with E-state index in [1.54, 1.807) is 13.8 Å². The second kappa shape index (κ2) is 8.06. The van der Waals surface area contributed by atoms with Crippen LogP contribution in [0.3, 0.4) is 0 Å². The van der Waals surface area contributed by atoms with Crippen molar-refractivity contribution in [2.45, 2.75) is 33.0 Å². The third-order valence-corrected chi connectivity index (χ3v) is 6.86. The molecule has 0 bridgehead atoms. The standard InChI is InChI=1S/C18H19Cl2N5O5S/c1-4-23-17-12(15(27)22(3)18(23)29)11(16(28)25-5-9(26)7-30-25)10(31-17)6-24-8(2)21-13(19)14(24)20/h9,26H,4-7H2,1-3H3/t9-/m0/s1/i6T/t6?,9-. The van der Waals surface area contributed by atoms with Crippen molar-refractivity contribution in [1.82, 2.24) is 23.7 Å². The number of halogens is 2. The minimum Gasteiger partial charge on any atom is -0.389 e. The molecule has 0 radical (unpaired) electrons. The number of hydroxylamine groups is 2. The summed E-state index contributed by atoms with van der Waals surface area (Å²) in [5, 5.41) is 10.8. The molecule has 31 heavy (non-hydrogen) atoms. The number of imidazole rings is 1. The van der Waals surface area contributed by atoms with E-state index in [9.17, 15) is 19.5 Å². The van der Waals surface area contributed by atoms with Crippen molar-refractivity contribution in [3.05, 3.63) is 47.4 Å². The van der Waals surface area contributed by atoms with Crippen molar-refractivity contribution in [1.29, 1.82) is 0 Å². The SMILES string of the molecule is [3H]C(c1sc2c(c1C(=O)N1C[C@H](O)CO1)c(=O)n(C)c(=O)n2CC)n1c(C)nc(Cl)c1Cl. The van der Waals surface area contributed by atoms with Crippen LogP contribution in [0.4, 0.5) is 0 Å². The zero-order valence-corrected chi connectivity index (χ0v) is 19.1. The van der Waals surface area contributed by atoms with Crippen molar-refractivity contribution < 1.29 is 16.1 Å². The molecule has 3 aromatic rings. The molecule has 1 unspecified atom stereocenters. The van der Waals surface area contributed by atoms with E-state index in [1.165, 1.54) is 16.2 Å². The molecular formula is C18H19Cl2N5O5S. The summed E-state index contributed by atoms with van der Waals surface area (Å²) in [7, 11) is 1.33. The second-order valence-corrected chi connectivity index (χ2v) is 8.71. The van der Waals surface area contributed by atoms with Crippen LogP contribution in [-0.4, -0.2) is 54.0 Å². The lowest BCUT2D eigenvalue weighted by molar-refractivity contribution is -0.0778. The van der Waals surface area contributed by atoms with Crippen molar-refractivity contribution in [3.8, 4) is 0 Å². The summed E-state index contributed by atoms with van der Waals surface area (Å²) in [4.78, 5) is 49.0. The van der Waals surface area contributed by atoms with Gasteiger partial charge >= 0.3 is 5.69 Å². The number of amides is 1. The van der Waals surface area contributed by atoms with E-state index in [1.807, 2.05) is 0 Å². The highest BCUT2D eigenvalue weighted by atomic mass is 35.5. The van der Waals surface area contributed by atoms with Gasteiger partial charge in [0.05, 0.1) is 25.4 Å². The molecule has 0 aromatic carbocycles. The predicted molar refractivity (Wildman–Crippen MR) is 116 cm³/mol. The lowest BCUT2D eigenvalue weighted by Gasteiger charge is -2.15. The average molecular weight is 490 g/mol. The number of aromatic nitrogens is 4. The van der Waals surface area contributed by atoms with Crippen LogP contribution in [0.1, 0.15) is 29.4 Å². The van der Waals surface area contributed by atoms with E-state index >= 15 is 0 Å². The van der Waals surface area contributed by atoms with E-state index in [0.717, 1.165) is 21.0 Å². The Bertz CT molecular complexity index is 1360. The number of β-amino-alcohol motifs (C(OH)–C–C–N with tert-alkyl or cyclic N) is 1. The maximum absolute atomic E-state index is 13.4. The Balaban J connectivity index is 2.06.